The molecule has 0 aromatic rings. The zero-order chi connectivity index (χ0) is 34.9. The maximum atomic E-state index is 12.5. The van der Waals surface area contributed by atoms with E-state index in [2.05, 4.69) is 18.4 Å². The first-order valence-corrected chi connectivity index (χ1v) is 19.6. The molecule has 1 fully saturated rings. The molecule has 0 radical (unpaired) electrons. The van der Waals surface area contributed by atoms with Crippen LogP contribution < -0.4 is 0 Å². The number of esters is 2. The van der Waals surface area contributed by atoms with E-state index in [1.165, 1.54) is 32.1 Å². The van der Waals surface area contributed by atoms with Crippen LogP contribution in [-0.4, -0.2) is 69.2 Å². The Morgan fingerprint density at radius 2 is 1.38 bits per heavy atom. The van der Waals surface area contributed by atoms with Gasteiger partial charge in [-0.05, 0) is 25.7 Å². The highest BCUT2D eigenvalue weighted by Gasteiger charge is 2.39. The van der Waals surface area contributed by atoms with Gasteiger partial charge in [0.1, 0.15) is 12.4 Å². The van der Waals surface area contributed by atoms with E-state index >= 15 is 0 Å². The molecule has 0 aliphatic heterocycles. The molecule has 0 aromatic carbocycles. The number of carbonyl (C=O) groups excluding carboxylic acids is 3. The fourth-order valence-electron chi connectivity index (χ4n) is 5.91. The number of aliphatic hydroxyl groups is 2. The number of carbonyl (C=O) groups is 3. The smallest absolute Gasteiger partial charge is 0.462 e. The predicted molar refractivity (Wildman–Crippen MR) is 180 cm³/mol. The Balaban J connectivity index is 2.34. The highest BCUT2D eigenvalue weighted by atomic mass is 31.2. The third-order valence-electron chi connectivity index (χ3n) is 8.68. The molecule has 0 bridgehead atoms. The van der Waals surface area contributed by atoms with Crippen molar-refractivity contribution in [2.45, 2.75) is 167 Å². The summed E-state index contributed by atoms with van der Waals surface area (Å²) in [6.07, 6.45) is 18.6. The van der Waals surface area contributed by atoms with Gasteiger partial charge in [-0.3, -0.25) is 18.9 Å². The SMILES string of the molecule is CCCCCCCCCCCC(=O)O[C@H](COC(=O)CCCCCC[C@H]1C(=O)C[C@@H](O)[C@@H]1/C=C/[C@@H](O)CCCCC)COP(=O)(O)O. The van der Waals surface area contributed by atoms with Crippen LogP contribution in [0.1, 0.15) is 149 Å². The number of Topliss-reactive ketones (excluding diaryl/α,β-unsaturated/α-hetero) is 1. The molecule has 1 aliphatic rings. The molecule has 0 unspecified atom stereocenters. The lowest BCUT2D eigenvalue weighted by atomic mass is 9.88. The van der Waals surface area contributed by atoms with Gasteiger partial charge in [-0.2, -0.15) is 0 Å². The standard InChI is InChI=1S/C35H63O11P/c1-3-5-7-8-9-10-11-12-18-22-35(40)46-29(27-45-47(41,42)43)26-44-34(39)21-17-14-13-16-20-30-31(33(38)25-32(30)37)24-23-28(36)19-15-6-4-2/h23-24,28-31,33,36,38H,3-22,25-27H2,1-2H3,(H2,41,42,43)/b24-23+/t28-,29+,30+,31+,33+/m0/s1. The maximum Gasteiger partial charge on any atom is 0.469 e. The molecule has 4 N–H and O–H groups in total. The lowest BCUT2D eigenvalue weighted by Gasteiger charge is -2.18. The van der Waals surface area contributed by atoms with Crippen LogP contribution in [-0.2, 0) is 32.9 Å². The number of ketones is 1. The quantitative estimate of drug-likeness (QED) is 0.0279. The van der Waals surface area contributed by atoms with E-state index in [0.29, 0.717) is 25.7 Å². The monoisotopic (exact) mass is 690 g/mol. The fourth-order valence-corrected chi connectivity index (χ4v) is 6.28. The molecule has 1 aliphatic carbocycles. The van der Waals surface area contributed by atoms with E-state index in [0.717, 1.165) is 57.8 Å². The van der Waals surface area contributed by atoms with Crippen molar-refractivity contribution in [3.8, 4) is 0 Å². The fraction of sp³-hybridized carbons (Fsp3) is 0.857. The highest BCUT2D eigenvalue weighted by molar-refractivity contribution is 7.46. The normalized spacial score (nSPS) is 19.7. The van der Waals surface area contributed by atoms with E-state index in [1.54, 1.807) is 12.2 Å². The van der Waals surface area contributed by atoms with Crippen molar-refractivity contribution < 1.29 is 52.9 Å². The van der Waals surface area contributed by atoms with Gasteiger partial charge >= 0.3 is 19.8 Å². The topological polar surface area (TPSA) is 177 Å². The molecule has 0 heterocycles. The molecule has 0 spiro atoms. The molecule has 47 heavy (non-hydrogen) atoms. The Hall–Kier alpha value is -1.62. The predicted octanol–water partition coefficient (Wildman–Crippen LogP) is 6.88. The first-order chi connectivity index (χ1) is 22.5. The van der Waals surface area contributed by atoms with Crippen molar-refractivity contribution in [3.05, 3.63) is 12.2 Å². The van der Waals surface area contributed by atoms with E-state index in [4.69, 9.17) is 19.3 Å². The second-order valence-corrected chi connectivity index (χ2v) is 14.2. The van der Waals surface area contributed by atoms with Crippen LogP contribution in [0.15, 0.2) is 12.2 Å². The highest BCUT2D eigenvalue weighted by Crippen LogP contribution is 2.36. The third-order valence-corrected chi connectivity index (χ3v) is 9.16. The van der Waals surface area contributed by atoms with Crippen molar-refractivity contribution in [2.75, 3.05) is 13.2 Å². The minimum absolute atomic E-state index is 0.0438. The molecule has 274 valence electrons. The van der Waals surface area contributed by atoms with Crippen molar-refractivity contribution in [2.24, 2.45) is 11.8 Å². The lowest BCUT2D eigenvalue weighted by Crippen LogP contribution is -2.29. The zero-order valence-electron chi connectivity index (χ0n) is 28.9. The van der Waals surface area contributed by atoms with Crippen LogP contribution in [0.4, 0.5) is 0 Å². The molecular weight excluding hydrogens is 627 g/mol. The summed E-state index contributed by atoms with van der Waals surface area (Å²) >= 11 is 0. The molecule has 0 aromatic heterocycles. The molecule has 0 amide bonds. The summed E-state index contributed by atoms with van der Waals surface area (Å²) in [6, 6.07) is 0. The van der Waals surface area contributed by atoms with Crippen LogP contribution in [0.3, 0.4) is 0 Å². The first kappa shape index (κ1) is 43.4. The van der Waals surface area contributed by atoms with E-state index in [9.17, 15) is 29.2 Å². The Kier molecular flexibility index (Phi) is 24.3. The Morgan fingerprint density at radius 1 is 0.830 bits per heavy atom. The number of phosphoric ester groups is 1. The molecule has 1 rings (SSSR count). The van der Waals surface area contributed by atoms with E-state index in [-0.39, 0.29) is 43.5 Å². The van der Waals surface area contributed by atoms with Gasteiger partial charge < -0.3 is 29.5 Å². The van der Waals surface area contributed by atoms with Gasteiger partial charge in [0.2, 0.25) is 0 Å². The molecule has 0 saturated heterocycles. The lowest BCUT2D eigenvalue weighted by molar-refractivity contribution is -0.161. The van der Waals surface area contributed by atoms with E-state index < -0.39 is 44.7 Å². The summed E-state index contributed by atoms with van der Waals surface area (Å²) < 4.78 is 26.2. The largest absolute Gasteiger partial charge is 0.469 e. The number of ether oxygens (including phenoxy) is 2. The third kappa shape index (κ3) is 22.6. The Labute approximate surface area is 282 Å². The van der Waals surface area contributed by atoms with Gasteiger partial charge in [-0.15, -0.1) is 0 Å². The van der Waals surface area contributed by atoms with Crippen molar-refractivity contribution in [1.82, 2.24) is 0 Å². The number of phosphoric acid groups is 1. The average molecular weight is 691 g/mol. The van der Waals surface area contributed by atoms with Crippen LogP contribution in [0.25, 0.3) is 0 Å². The van der Waals surface area contributed by atoms with Crippen LogP contribution in [0.5, 0.6) is 0 Å². The number of hydrogen-bond donors (Lipinski definition) is 4. The first-order valence-electron chi connectivity index (χ1n) is 18.1. The second-order valence-electron chi connectivity index (χ2n) is 13.0. The van der Waals surface area contributed by atoms with Crippen molar-refractivity contribution in [3.63, 3.8) is 0 Å². The number of rotatable bonds is 29. The molecule has 1 saturated carbocycles. The molecule has 5 atom stereocenters. The Bertz CT molecular complexity index is 934. The molecular formula is C35H63O11P. The van der Waals surface area contributed by atoms with Crippen LogP contribution in [0, 0.1) is 11.8 Å². The summed E-state index contributed by atoms with van der Waals surface area (Å²) in [6.45, 7) is 3.33. The van der Waals surface area contributed by atoms with Gasteiger partial charge in [-0.25, -0.2) is 4.57 Å². The zero-order valence-corrected chi connectivity index (χ0v) is 29.8. The molecule has 11 nitrogen and oxygen atoms in total. The van der Waals surface area contributed by atoms with Crippen LogP contribution in [0.2, 0.25) is 0 Å². The van der Waals surface area contributed by atoms with Crippen molar-refractivity contribution >= 4 is 25.5 Å². The number of unbranched alkanes of at least 4 members (excludes halogenated alkanes) is 13. The number of hydrogen-bond acceptors (Lipinski definition) is 9. The maximum absolute atomic E-state index is 12.5. The number of aliphatic hydroxyl groups excluding tert-OH is 2. The summed E-state index contributed by atoms with van der Waals surface area (Å²) in [5.41, 5.74) is 0. The minimum atomic E-state index is -4.80. The van der Waals surface area contributed by atoms with Gasteiger partial charge in [0, 0.05) is 31.1 Å². The van der Waals surface area contributed by atoms with E-state index in [1.807, 2.05) is 0 Å². The van der Waals surface area contributed by atoms with Crippen LogP contribution >= 0.6 is 7.82 Å². The second kappa shape index (κ2) is 26.3. The minimum Gasteiger partial charge on any atom is -0.462 e. The Morgan fingerprint density at radius 3 is 2.00 bits per heavy atom. The van der Waals surface area contributed by atoms with Gasteiger partial charge in [0.15, 0.2) is 6.10 Å². The summed E-state index contributed by atoms with van der Waals surface area (Å²) in [4.78, 5) is 55.2. The summed E-state index contributed by atoms with van der Waals surface area (Å²) in [5, 5.41) is 20.6. The summed E-state index contributed by atoms with van der Waals surface area (Å²) in [5.74, 6) is -1.57. The average Bonchev–Trinajstić information content (AvgIpc) is 3.29. The van der Waals surface area contributed by atoms with Gasteiger partial charge in [0.05, 0.1) is 18.8 Å². The van der Waals surface area contributed by atoms with Crippen molar-refractivity contribution in [1.29, 1.82) is 0 Å². The van der Waals surface area contributed by atoms with Gasteiger partial charge in [-0.1, -0.05) is 116 Å². The summed E-state index contributed by atoms with van der Waals surface area (Å²) in [7, 11) is -4.80. The van der Waals surface area contributed by atoms with Gasteiger partial charge in [0.25, 0.3) is 0 Å². The molecule has 12 heteroatoms.